The van der Waals surface area contributed by atoms with E-state index < -0.39 is 75.7 Å². The molecule has 6 N–H and O–H groups in total. The minimum Gasteiger partial charge on any atom is -0.462 e. The van der Waals surface area contributed by atoms with Crippen molar-refractivity contribution in [3.05, 3.63) is 0 Å². The Morgan fingerprint density at radius 2 is 1.42 bits per heavy atom. The van der Waals surface area contributed by atoms with Crippen LogP contribution >= 0.6 is 7.82 Å². The molecule has 0 aromatic carbocycles. The van der Waals surface area contributed by atoms with E-state index in [1.54, 1.807) is 6.92 Å². The van der Waals surface area contributed by atoms with Gasteiger partial charge in [0.1, 0.15) is 43.2 Å². The first kappa shape index (κ1) is 29.9. The number of hydrogen-bond acceptors (Lipinski definition) is 12. The molecule has 6 unspecified atom stereocenters. The van der Waals surface area contributed by atoms with E-state index in [0.29, 0.717) is 6.42 Å². The van der Waals surface area contributed by atoms with Crippen molar-refractivity contribution in [2.75, 3.05) is 13.2 Å². The smallest absolute Gasteiger partial charge is 0.462 e. The molecule has 194 valence electrons. The van der Waals surface area contributed by atoms with E-state index in [1.807, 2.05) is 6.92 Å². The van der Waals surface area contributed by atoms with Crippen LogP contribution in [0.2, 0.25) is 0 Å². The highest BCUT2D eigenvalue weighted by Crippen LogP contribution is 2.47. The molecule has 0 spiro atoms. The number of phosphoric acid groups is 1. The molecule has 0 bridgehead atoms. The van der Waals surface area contributed by atoms with Crippen molar-refractivity contribution in [2.45, 2.75) is 95.1 Å². The highest BCUT2D eigenvalue weighted by atomic mass is 31.2. The minimum atomic E-state index is -5.05. The van der Waals surface area contributed by atoms with Crippen LogP contribution in [0.5, 0.6) is 0 Å². The lowest BCUT2D eigenvalue weighted by atomic mass is 9.85. The number of aliphatic hydroxyl groups is 5. The van der Waals surface area contributed by atoms with Gasteiger partial charge in [-0.15, -0.1) is 0 Å². The van der Waals surface area contributed by atoms with Crippen LogP contribution in [0, 0.1) is 0 Å². The Morgan fingerprint density at radius 3 is 1.97 bits per heavy atom. The van der Waals surface area contributed by atoms with Gasteiger partial charge in [-0.2, -0.15) is 0 Å². The quantitative estimate of drug-likeness (QED) is 0.0971. The first-order chi connectivity index (χ1) is 15.4. The third-order valence-corrected chi connectivity index (χ3v) is 5.99. The number of esters is 2. The van der Waals surface area contributed by atoms with Gasteiger partial charge in [-0.3, -0.25) is 18.6 Å². The van der Waals surface area contributed by atoms with Gasteiger partial charge in [0, 0.05) is 12.8 Å². The third kappa shape index (κ3) is 9.93. The van der Waals surface area contributed by atoms with Gasteiger partial charge in [0.05, 0.1) is 6.61 Å². The van der Waals surface area contributed by atoms with Crippen LogP contribution in [0.1, 0.15) is 52.4 Å². The first-order valence-corrected chi connectivity index (χ1v) is 12.3. The van der Waals surface area contributed by atoms with Crippen molar-refractivity contribution in [3.8, 4) is 0 Å². The van der Waals surface area contributed by atoms with E-state index in [-0.39, 0.29) is 12.8 Å². The van der Waals surface area contributed by atoms with Crippen LogP contribution in [-0.2, 0) is 32.7 Å². The second-order valence-electron chi connectivity index (χ2n) is 7.75. The van der Waals surface area contributed by atoms with Gasteiger partial charge in [-0.05, 0) is 6.42 Å². The minimum absolute atomic E-state index is 0.0497. The van der Waals surface area contributed by atoms with Crippen molar-refractivity contribution in [1.82, 2.24) is 0 Å². The van der Waals surface area contributed by atoms with Crippen LogP contribution in [-0.4, -0.2) is 98.3 Å². The van der Waals surface area contributed by atoms with E-state index in [2.05, 4.69) is 0 Å². The summed E-state index contributed by atoms with van der Waals surface area (Å²) in [4.78, 5) is 33.4. The lowest BCUT2D eigenvalue weighted by molar-refractivity contribution is -0.220. The molecule has 0 radical (unpaired) electrons. The van der Waals surface area contributed by atoms with Crippen LogP contribution in [0.15, 0.2) is 0 Å². The number of hydrogen-bond donors (Lipinski definition) is 6. The predicted octanol–water partition coefficient (Wildman–Crippen LogP) is -0.858. The molecule has 0 heterocycles. The lowest BCUT2D eigenvalue weighted by Gasteiger charge is -2.41. The molecule has 33 heavy (non-hydrogen) atoms. The van der Waals surface area contributed by atoms with Gasteiger partial charge in [0.2, 0.25) is 0 Å². The number of phosphoric ester groups is 1. The van der Waals surface area contributed by atoms with Gasteiger partial charge < -0.3 is 39.9 Å². The first-order valence-electron chi connectivity index (χ1n) is 10.8. The Balaban J connectivity index is 2.72. The van der Waals surface area contributed by atoms with Crippen LogP contribution < -0.4 is 0 Å². The zero-order valence-electron chi connectivity index (χ0n) is 18.7. The zero-order chi connectivity index (χ0) is 25.2. The van der Waals surface area contributed by atoms with E-state index >= 15 is 0 Å². The van der Waals surface area contributed by atoms with E-state index in [9.17, 15) is 44.6 Å². The summed E-state index contributed by atoms with van der Waals surface area (Å²) in [6.45, 7) is 2.37. The Labute approximate surface area is 191 Å². The molecule has 1 saturated carbocycles. The maximum Gasteiger partial charge on any atom is 0.472 e. The van der Waals surface area contributed by atoms with Crippen molar-refractivity contribution in [2.24, 2.45) is 0 Å². The van der Waals surface area contributed by atoms with Gasteiger partial charge in [-0.1, -0.05) is 33.1 Å². The highest BCUT2D eigenvalue weighted by molar-refractivity contribution is 7.47. The molecule has 13 nitrogen and oxygen atoms in total. The van der Waals surface area contributed by atoms with Gasteiger partial charge >= 0.3 is 19.8 Å². The molecule has 0 aromatic rings. The molecule has 1 fully saturated rings. The summed E-state index contributed by atoms with van der Waals surface area (Å²) in [6.07, 6.45) is -9.68. The Kier molecular flexibility index (Phi) is 12.9. The lowest BCUT2D eigenvalue weighted by Crippen LogP contribution is -2.64. The summed E-state index contributed by atoms with van der Waals surface area (Å²) in [5.41, 5.74) is 0. The largest absolute Gasteiger partial charge is 0.472 e. The summed E-state index contributed by atoms with van der Waals surface area (Å²) >= 11 is 0. The standard InChI is InChI=1S/C19H35O13P/c1-3-5-6-7-8-13(21)31-11(9-29-12(20)4-2)10-30-33(27,28)32-19-17(25)15(23)14(22)16(24)18(19)26/h11,14-19,22-26H,3-10H2,1-2H3,(H,27,28). The van der Waals surface area contributed by atoms with Crippen molar-refractivity contribution in [1.29, 1.82) is 0 Å². The van der Waals surface area contributed by atoms with Crippen LogP contribution in [0.4, 0.5) is 0 Å². The highest BCUT2D eigenvalue weighted by Gasteiger charge is 2.51. The van der Waals surface area contributed by atoms with Crippen LogP contribution in [0.25, 0.3) is 0 Å². The molecular weight excluding hydrogens is 467 g/mol. The number of ether oxygens (including phenoxy) is 2. The fraction of sp³-hybridized carbons (Fsp3) is 0.895. The fourth-order valence-corrected chi connectivity index (χ4v) is 4.00. The molecule has 1 aliphatic rings. The summed E-state index contributed by atoms with van der Waals surface area (Å²) in [5.74, 6) is -1.23. The second kappa shape index (κ2) is 14.3. The molecule has 0 amide bonds. The van der Waals surface area contributed by atoms with Crippen molar-refractivity contribution < 1.29 is 63.1 Å². The monoisotopic (exact) mass is 502 g/mol. The van der Waals surface area contributed by atoms with E-state index in [0.717, 1.165) is 19.3 Å². The van der Waals surface area contributed by atoms with E-state index in [1.165, 1.54) is 0 Å². The molecule has 14 heteroatoms. The van der Waals surface area contributed by atoms with Crippen molar-refractivity contribution >= 4 is 19.8 Å². The average Bonchev–Trinajstić information content (AvgIpc) is 2.78. The topological polar surface area (TPSA) is 210 Å². The Morgan fingerprint density at radius 1 is 0.848 bits per heavy atom. The molecular formula is C19H35O13P. The molecule has 0 aromatic heterocycles. The zero-order valence-corrected chi connectivity index (χ0v) is 19.6. The Bertz CT molecular complexity index is 644. The second-order valence-corrected chi connectivity index (χ2v) is 9.15. The van der Waals surface area contributed by atoms with E-state index in [4.69, 9.17) is 18.5 Å². The van der Waals surface area contributed by atoms with Gasteiger partial charge in [0.15, 0.2) is 6.10 Å². The number of carbonyl (C=O) groups is 2. The summed E-state index contributed by atoms with van der Waals surface area (Å²) in [7, 11) is -5.05. The maximum atomic E-state index is 12.3. The van der Waals surface area contributed by atoms with Gasteiger partial charge in [0.25, 0.3) is 0 Å². The molecule has 1 rings (SSSR count). The van der Waals surface area contributed by atoms with Crippen molar-refractivity contribution in [3.63, 3.8) is 0 Å². The molecule has 0 aliphatic heterocycles. The fourth-order valence-electron chi connectivity index (χ4n) is 3.03. The summed E-state index contributed by atoms with van der Waals surface area (Å²) < 4.78 is 31.8. The SMILES string of the molecule is CCCCCCC(=O)OC(COC(=O)CC)COP(=O)(O)OC1C(O)C(O)C(O)C(O)C1O. The number of aliphatic hydroxyl groups excluding tert-OH is 5. The van der Waals surface area contributed by atoms with Crippen LogP contribution in [0.3, 0.4) is 0 Å². The summed E-state index contributed by atoms with van der Waals surface area (Å²) in [6, 6.07) is 0. The number of carbonyl (C=O) groups excluding carboxylic acids is 2. The van der Waals surface area contributed by atoms with Gasteiger partial charge in [-0.25, -0.2) is 4.57 Å². The molecule has 6 atom stereocenters. The number of unbranched alkanes of at least 4 members (excludes halogenated alkanes) is 3. The normalized spacial score (nSPS) is 30.3. The Hall–Kier alpha value is -1.15. The molecule has 0 saturated heterocycles. The predicted molar refractivity (Wildman–Crippen MR) is 111 cm³/mol. The average molecular weight is 502 g/mol. The number of rotatable bonds is 14. The maximum absolute atomic E-state index is 12.3. The third-order valence-electron chi connectivity index (χ3n) is 5.00. The molecule has 1 aliphatic carbocycles. The summed E-state index contributed by atoms with van der Waals surface area (Å²) in [5, 5.41) is 48.8.